The maximum Gasteiger partial charge on any atom is 0.295 e. The molecule has 1 aliphatic rings. The minimum atomic E-state index is -0.696. The zero-order chi connectivity index (χ0) is 22.5. The quantitative estimate of drug-likeness (QED) is 0.384. The number of rotatable bonds is 8. The van der Waals surface area contributed by atoms with E-state index in [0.29, 0.717) is 24.1 Å². The van der Waals surface area contributed by atoms with Crippen molar-refractivity contribution in [3.63, 3.8) is 0 Å². The third kappa shape index (κ3) is 4.80. The summed E-state index contributed by atoms with van der Waals surface area (Å²) in [5.74, 6) is -1.37. The lowest BCUT2D eigenvalue weighted by molar-refractivity contribution is -0.140. The molecule has 2 N–H and O–H groups in total. The Labute approximate surface area is 183 Å². The van der Waals surface area contributed by atoms with Gasteiger partial charge in [0.25, 0.3) is 11.7 Å². The number of Topliss-reactive ketones (excluding diaryl/α,β-unsaturated/α-hetero) is 1. The Morgan fingerprint density at radius 3 is 2.19 bits per heavy atom. The predicted molar refractivity (Wildman–Crippen MR) is 121 cm³/mol. The van der Waals surface area contributed by atoms with Gasteiger partial charge in [-0.05, 0) is 50.7 Å². The molecular formula is C25H30N2O4. The zero-order valence-electron chi connectivity index (χ0n) is 18.3. The number of likely N-dealkylation sites (tertiary alicyclic amines) is 1. The fourth-order valence-electron chi connectivity index (χ4n) is 3.99. The Morgan fingerprint density at radius 2 is 1.61 bits per heavy atom. The Hall–Kier alpha value is -3.12. The van der Waals surface area contributed by atoms with Gasteiger partial charge in [-0.2, -0.15) is 0 Å². The molecule has 0 aliphatic carbocycles. The number of nitrogens with zero attached hydrogens (tertiary/aromatic N) is 2. The molecule has 0 saturated carbocycles. The maximum atomic E-state index is 13.0. The van der Waals surface area contributed by atoms with Crippen molar-refractivity contribution in [3.05, 3.63) is 70.8 Å². The number of hydrogen-bond donors (Lipinski definition) is 2. The van der Waals surface area contributed by atoms with Gasteiger partial charge in [0.2, 0.25) is 0 Å². The number of carbonyl (C=O) groups excluding carboxylic acids is 2. The van der Waals surface area contributed by atoms with E-state index in [-0.39, 0.29) is 17.1 Å². The third-order valence-electron chi connectivity index (χ3n) is 5.84. The summed E-state index contributed by atoms with van der Waals surface area (Å²) in [5.41, 5.74) is 2.29. The first-order valence-electron chi connectivity index (χ1n) is 10.7. The summed E-state index contributed by atoms with van der Waals surface area (Å²) in [6.07, 6.45) is 0.716. The van der Waals surface area contributed by atoms with Crippen molar-refractivity contribution >= 4 is 17.4 Å². The molecule has 1 saturated heterocycles. The summed E-state index contributed by atoms with van der Waals surface area (Å²) in [4.78, 5) is 29.7. The van der Waals surface area contributed by atoms with Gasteiger partial charge >= 0.3 is 0 Å². The van der Waals surface area contributed by atoms with Crippen LogP contribution in [0.5, 0.6) is 5.75 Å². The molecule has 3 rings (SSSR count). The van der Waals surface area contributed by atoms with Crippen molar-refractivity contribution in [2.45, 2.75) is 33.2 Å². The highest BCUT2D eigenvalue weighted by Gasteiger charge is 2.45. The number of benzene rings is 2. The monoisotopic (exact) mass is 422 g/mol. The van der Waals surface area contributed by atoms with Crippen molar-refractivity contribution in [2.75, 3.05) is 26.2 Å². The Kier molecular flexibility index (Phi) is 7.13. The number of aromatic hydroxyl groups is 1. The number of carbonyl (C=O) groups is 2. The van der Waals surface area contributed by atoms with E-state index in [1.165, 1.54) is 17.0 Å². The average Bonchev–Trinajstić information content (AvgIpc) is 3.02. The van der Waals surface area contributed by atoms with Crippen LogP contribution in [0.1, 0.15) is 43.0 Å². The summed E-state index contributed by atoms with van der Waals surface area (Å²) < 4.78 is 0. The van der Waals surface area contributed by atoms with Crippen molar-refractivity contribution in [2.24, 2.45) is 0 Å². The van der Waals surface area contributed by atoms with Gasteiger partial charge in [-0.1, -0.05) is 55.8 Å². The molecule has 2 aromatic carbocycles. The Balaban J connectivity index is 2.01. The SMILES string of the molecule is CCN(CC)CCCN1C(=O)C(=O)C(=C(O)c2ccc(C)cc2)C1c1ccc(O)cc1. The average molecular weight is 423 g/mol. The number of ketones is 1. The molecule has 1 fully saturated rings. The van der Waals surface area contributed by atoms with Crippen molar-refractivity contribution in [1.82, 2.24) is 9.80 Å². The van der Waals surface area contributed by atoms with Crippen LogP contribution in [-0.2, 0) is 9.59 Å². The van der Waals surface area contributed by atoms with Crippen LogP contribution >= 0.6 is 0 Å². The molecule has 0 spiro atoms. The molecule has 0 aromatic heterocycles. The smallest absolute Gasteiger partial charge is 0.295 e. The van der Waals surface area contributed by atoms with Crippen LogP contribution in [0.3, 0.4) is 0 Å². The van der Waals surface area contributed by atoms with E-state index in [9.17, 15) is 19.8 Å². The van der Waals surface area contributed by atoms with E-state index in [0.717, 1.165) is 25.2 Å². The number of phenolic OH excluding ortho intramolecular Hbond substituents is 1. The van der Waals surface area contributed by atoms with Gasteiger partial charge in [0, 0.05) is 12.1 Å². The minimum Gasteiger partial charge on any atom is -0.508 e. The number of aryl methyl sites for hydroxylation is 1. The molecular weight excluding hydrogens is 392 g/mol. The van der Waals surface area contributed by atoms with Gasteiger partial charge < -0.3 is 20.0 Å². The number of aliphatic hydroxyl groups is 1. The van der Waals surface area contributed by atoms with E-state index in [1.54, 1.807) is 24.3 Å². The topological polar surface area (TPSA) is 81.1 Å². The highest BCUT2D eigenvalue weighted by Crippen LogP contribution is 2.39. The lowest BCUT2D eigenvalue weighted by Crippen LogP contribution is -2.33. The molecule has 1 amide bonds. The molecule has 164 valence electrons. The van der Waals surface area contributed by atoms with Gasteiger partial charge in [-0.25, -0.2) is 0 Å². The fraction of sp³-hybridized carbons (Fsp3) is 0.360. The van der Waals surface area contributed by atoms with Crippen molar-refractivity contribution in [1.29, 1.82) is 0 Å². The van der Waals surface area contributed by atoms with Crippen molar-refractivity contribution < 1.29 is 19.8 Å². The molecule has 1 heterocycles. The Bertz CT molecular complexity index is 960. The van der Waals surface area contributed by atoms with Crippen LogP contribution in [0.15, 0.2) is 54.1 Å². The summed E-state index contributed by atoms with van der Waals surface area (Å²) >= 11 is 0. The zero-order valence-corrected chi connectivity index (χ0v) is 18.3. The number of amides is 1. The first-order chi connectivity index (χ1) is 14.9. The second-order valence-corrected chi connectivity index (χ2v) is 7.83. The molecule has 1 atom stereocenters. The number of aliphatic hydroxyl groups excluding tert-OH is 1. The lowest BCUT2D eigenvalue weighted by atomic mass is 9.95. The van der Waals surface area contributed by atoms with Crippen LogP contribution < -0.4 is 0 Å². The summed E-state index contributed by atoms with van der Waals surface area (Å²) in [6.45, 7) is 9.18. The molecule has 0 bridgehead atoms. The standard InChI is InChI=1S/C25H30N2O4/c1-4-26(5-2)15-6-16-27-22(18-11-13-20(28)14-12-18)21(24(30)25(27)31)23(29)19-9-7-17(3)8-10-19/h7-14,22,28-29H,4-6,15-16H2,1-3H3. The number of phenols is 1. The van der Waals surface area contributed by atoms with Crippen LogP contribution in [-0.4, -0.2) is 57.9 Å². The highest BCUT2D eigenvalue weighted by atomic mass is 16.3. The predicted octanol–water partition coefficient (Wildman–Crippen LogP) is 3.85. The van der Waals surface area contributed by atoms with Gasteiger partial charge in [0.15, 0.2) is 0 Å². The van der Waals surface area contributed by atoms with E-state index >= 15 is 0 Å². The van der Waals surface area contributed by atoms with Crippen LogP contribution in [0.2, 0.25) is 0 Å². The van der Waals surface area contributed by atoms with E-state index in [1.807, 2.05) is 19.1 Å². The highest BCUT2D eigenvalue weighted by molar-refractivity contribution is 6.46. The molecule has 6 heteroatoms. The van der Waals surface area contributed by atoms with Gasteiger partial charge in [0.05, 0.1) is 11.6 Å². The molecule has 2 aromatic rings. The number of hydrogen-bond acceptors (Lipinski definition) is 5. The summed E-state index contributed by atoms with van der Waals surface area (Å²) in [6, 6.07) is 12.9. The van der Waals surface area contributed by atoms with E-state index in [4.69, 9.17) is 0 Å². The largest absolute Gasteiger partial charge is 0.508 e. The fourth-order valence-corrected chi connectivity index (χ4v) is 3.99. The summed E-state index contributed by atoms with van der Waals surface area (Å²) in [5, 5.41) is 20.7. The second kappa shape index (κ2) is 9.79. The Morgan fingerprint density at radius 1 is 1.00 bits per heavy atom. The normalized spacial score (nSPS) is 18.2. The van der Waals surface area contributed by atoms with Gasteiger partial charge in [-0.15, -0.1) is 0 Å². The summed E-state index contributed by atoms with van der Waals surface area (Å²) in [7, 11) is 0. The molecule has 31 heavy (non-hydrogen) atoms. The van der Waals surface area contributed by atoms with E-state index in [2.05, 4.69) is 18.7 Å². The lowest BCUT2D eigenvalue weighted by Gasteiger charge is -2.26. The maximum absolute atomic E-state index is 13.0. The molecule has 0 radical (unpaired) electrons. The van der Waals surface area contributed by atoms with E-state index < -0.39 is 17.7 Å². The molecule has 1 aliphatic heterocycles. The van der Waals surface area contributed by atoms with Gasteiger partial charge in [-0.3, -0.25) is 9.59 Å². The van der Waals surface area contributed by atoms with Crippen LogP contribution in [0, 0.1) is 6.92 Å². The third-order valence-corrected chi connectivity index (χ3v) is 5.84. The van der Waals surface area contributed by atoms with Gasteiger partial charge in [0.1, 0.15) is 11.5 Å². The molecule has 6 nitrogen and oxygen atoms in total. The van der Waals surface area contributed by atoms with Crippen LogP contribution in [0.4, 0.5) is 0 Å². The molecule has 1 unspecified atom stereocenters. The van der Waals surface area contributed by atoms with Crippen molar-refractivity contribution in [3.8, 4) is 5.75 Å². The first-order valence-corrected chi connectivity index (χ1v) is 10.7. The first kappa shape index (κ1) is 22.6. The second-order valence-electron chi connectivity index (χ2n) is 7.83. The minimum absolute atomic E-state index is 0.0855. The van der Waals surface area contributed by atoms with Crippen LogP contribution in [0.25, 0.3) is 5.76 Å².